The Hall–Kier alpha value is -1.37. The third-order valence-corrected chi connectivity index (χ3v) is 5.67. The average Bonchev–Trinajstić information content (AvgIpc) is 2.84. The first kappa shape index (κ1) is 16.5. The van der Waals surface area contributed by atoms with Crippen LogP contribution in [0.3, 0.4) is 0 Å². The van der Waals surface area contributed by atoms with Gasteiger partial charge in [0.25, 0.3) is 5.91 Å². The summed E-state index contributed by atoms with van der Waals surface area (Å²) in [7, 11) is 1.86. The van der Waals surface area contributed by atoms with Gasteiger partial charge in [-0.25, -0.2) is 0 Å². The van der Waals surface area contributed by atoms with Gasteiger partial charge < -0.3 is 5.32 Å². The number of aryl methyl sites for hydroxylation is 1. The van der Waals surface area contributed by atoms with Crippen molar-refractivity contribution in [2.45, 2.75) is 45.4 Å². The topological polar surface area (TPSA) is 46.9 Å². The lowest BCUT2D eigenvalue weighted by Crippen LogP contribution is -2.16. The summed E-state index contributed by atoms with van der Waals surface area (Å²) in [6, 6.07) is 6.23. The van der Waals surface area contributed by atoms with Gasteiger partial charge in [-0.3, -0.25) is 9.48 Å². The summed E-state index contributed by atoms with van der Waals surface area (Å²) >= 11 is 2.12. The molecule has 4 nitrogen and oxygen atoms in total. The lowest BCUT2D eigenvalue weighted by Gasteiger charge is -2.19. The van der Waals surface area contributed by atoms with E-state index in [9.17, 15) is 4.79 Å². The second-order valence-corrected chi connectivity index (χ2v) is 8.11. The van der Waals surface area contributed by atoms with Gasteiger partial charge in [0.05, 0.1) is 5.56 Å². The second-order valence-electron chi connectivity index (χ2n) is 7.08. The number of carbonyl (C=O) groups excluding carboxylic acids is 1. The lowest BCUT2D eigenvalue weighted by atomic mass is 9.86. The van der Waals surface area contributed by atoms with Crippen molar-refractivity contribution in [1.29, 1.82) is 0 Å². The fourth-order valence-electron chi connectivity index (χ4n) is 3.78. The summed E-state index contributed by atoms with van der Waals surface area (Å²) in [5.41, 5.74) is 5.27. The molecule has 0 aliphatic heterocycles. The summed E-state index contributed by atoms with van der Waals surface area (Å²) in [4.78, 5) is 12.8. The van der Waals surface area contributed by atoms with Crippen LogP contribution in [0.4, 0.5) is 5.69 Å². The second kappa shape index (κ2) is 5.61. The van der Waals surface area contributed by atoms with Gasteiger partial charge in [0.2, 0.25) is 0 Å². The average molecular weight is 423 g/mol. The molecule has 0 bridgehead atoms. The van der Waals surface area contributed by atoms with Gasteiger partial charge in [-0.15, -0.1) is 0 Å². The predicted molar refractivity (Wildman–Crippen MR) is 101 cm³/mol. The van der Waals surface area contributed by atoms with Gasteiger partial charge >= 0.3 is 0 Å². The normalized spacial score (nSPS) is 18.8. The van der Waals surface area contributed by atoms with Crippen LogP contribution < -0.4 is 5.32 Å². The third kappa shape index (κ3) is 2.69. The first-order valence-electron chi connectivity index (χ1n) is 7.86. The van der Waals surface area contributed by atoms with E-state index in [2.05, 4.69) is 59.8 Å². The molecule has 0 saturated heterocycles. The van der Waals surface area contributed by atoms with Crippen LogP contribution in [0.1, 0.15) is 60.3 Å². The van der Waals surface area contributed by atoms with Crippen LogP contribution in [0.15, 0.2) is 18.2 Å². The van der Waals surface area contributed by atoms with E-state index < -0.39 is 0 Å². The van der Waals surface area contributed by atoms with E-state index in [-0.39, 0.29) is 11.3 Å². The van der Waals surface area contributed by atoms with Gasteiger partial charge in [0.15, 0.2) is 0 Å². The molecule has 0 saturated carbocycles. The van der Waals surface area contributed by atoms with Crippen molar-refractivity contribution in [2.75, 3.05) is 5.32 Å². The van der Waals surface area contributed by atoms with Gasteiger partial charge in [-0.1, -0.05) is 32.9 Å². The lowest BCUT2D eigenvalue weighted by molar-refractivity contribution is 0.102. The molecular weight excluding hydrogens is 401 g/mol. The Balaban J connectivity index is 1.99. The first-order chi connectivity index (χ1) is 10.7. The Kier molecular flexibility index (Phi) is 4.02. The van der Waals surface area contributed by atoms with E-state index in [0.717, 1.165) is 21.5 Å². The molecule has 0 radical (unpaired) electrons. The van der Waals surface area contributed by atoms with Crippen LogP contribution in [-0.2, 0) is 12.5 Å². The highest BCUT2D eigenvalue weighted by Crippen LogP contribution is 2.48. The van der Waals surface area contributed by atoms with Crippen LogP contribution in [0.5, 0.6) is 0 Å². The minimum Gasteiger partial charge on any atom is -0.322 e. The molecule has 1 atom stereocenters. The Morgan fingerprint density at radius 3 is 2.74 bits per heavy atom. The van der Waals surface area contributed by atoms with E-state index in [4.69, 9.17) is 0 Å². The molecule has 0 fully saturated rings. The minimum atomic E-state index is -0.0784. The zero-order valence-corrected chi connectivity index (χ0v) is 16.4. The minimum absolute atomic E-state index is 0.0784. The van der Waals surface area contributed by atoms with E-state index in [0.29, 0.717) is 11.5 Å². The van der Waals surface area contributed by atoms with Crippen LogP contribution in [-0.4, -0.2) is 15.7 Å². The molecule has 1 aromatic heterocycles. The number of aromatic nitrogens is 2. The molecule has 122 valence electrons. The Bertz CT molecular complexity index is 792. The number of rotatable bonds is 2. The van der Waals surface area contributed by atoms with Crippen molar-refractivity contribution in [3.05, 3.63) is 44.3 Å². The number of fused-ring (bicyclic) bond motifs is 1. The Morgan fingerprint density at radius 2 is 2.13 bits per heavy atom. The highest BCUT2D eigenvalue weighted by atomic mass is 127. The molecule has 0 spiro atoms. The van der Waals surface area contributed by atoms with Crippen molar-refractivity contribution in [1.82, 2.24) is 9.78 Å². The van der Waals surface area contributed by atoms with Gasteiger partial charge in [0, 0.05) is 18.4 Å². The van der Waals surface area contributed by atoms with Crippen molar-refractivity contribution < 1.29 is 4.79 Å². The van der Waals surface area contributed by atoms with Crippen molar-refractivity contribution in [2.24, 2.45) is 7.05 Å². The monoisotopic (exact) mass is 423 g/mol. The summed E-state index contributed by atoms with van der Waals surface area (Å²) < 4.78 is 2.48. The van der Waals surface area contributed by atoms with Crippen molar-refractivity contribution >= 4 is 34.2 Å². The highest BCUT2D eigenvalue weighted by molar-refractivity contribution is 14.1. The van der Waals surface area contributed by atoms with Gasteiger partial charge in [-0.2, -0.15) is 5.10 Å². The van der Waals surface area contributed by atoms with Crippen LogP contribution in [0.25, 0.3) is 0 Å². The molecule has 23 heavy (non-hydrogen) atoms. The molecule has 1 aliphatic carbocycles. The fourth-order valence-corrected chi connectivity index (χ4v) is 4.74. The van der Waals surface area contributed by atoms with Gasteiger partial charge in [-0.05, 0) is 64.5 Å². The maximum atomic E-state index is 12.8. The molecule has 3 rings (SSSR count). The fraction of sp³-hybridized carbons (Fsp3) is 0.444. The highest BCUT2D eigenvalue weighted by Gasteiger charge is 2.36. The first-order valence-corrected chi connectivity index (χ1v) is 8.94. The number of anilines is 1. The molecule has 1 aliphatic rings. The summed E-state index contributed by atoms with van der Waals surface area (Å²) in [5, 5.41) is 7.45. The number of hydrogen-bond acceptors (Lipinski definition) is 2. The van der Waals surface area contributed by atoms with E-state index in [1.807, 2.05) is 26.1 Å². The van der Waals surface area contributed by atoms with E-state index in [1.54, 1.807) is 4.68 Å². The molecule has 1 unspecified atom stereocenters. The Morgan fingerprint density at radius 1 is 1.43 bits per heavy atom. The van der Waals surface area contributed by atoms with Crippen molar-refractivity contribution in [3.63, 3.8) is 0 Å². The molecular formula is C18H22IN3O. The molecule has 1 heterocycles. The van der Waals surface area contributed by atoms with Crippen LogP contribution in [0.2, 0.25) is 0 Å². The molecule has 2 aromatic rings. The predicted octanol–water partition coefficient (Wildman–Crippen LogP) is 4.37. The van der Waals surface area contributed by atoms with E-state index >= 15 is 0 Å². The van der Waals surface area contributed by atoms with E-state index in [1.165, 1.54) is 11.1 Å². The van der Waals surface area contributed by atoms with Crippen LogP contribution >= 0.6 is 22.6 Å². The zero-order valence-electron chi connectivity index (χ0n) is 14.2. The van der Waals surface area contributed by atoms with Crippen LogP contribution in [0, 0.1) is 10.6 Å². The molecule has 1 N–H and O–H groups in total. The number of halogens is 1. The summed E-state index contributed by atoms with van der Waals surface area (Å²) in [6.45, 7) is 8.71. The Labute approximate surface area is 150 Å². The number of amides is 1. The molecule has 1 amide bonds. The summed E-state index contributed by atoms with van der Waals surface area (Å²) in [5.74, 6) is 0.371. The zero-order chi connectivity index (χ0) is 16.9. The number of nitrogens with zero attached hydrogens (tertiary/aromatic N) is 2. The number of carbonyl (C=O) groups is 1. The maximum absolute atomic E-state index is 12.8. The third-order valence-electron chi connectivity index (χ3n) is 4.91. The molecule has 1 aromatic carbocycles. The molecule has 5 heteroatoms. The largest absolute Gasteiger partial charge is 0.322 e. The quantitative estimate of drug-likeness (QED) is 0.730. The number of hydrogen-bond donors (Lipinski definition) is 1. The number of benzene rings is 1. The smallest absolute Gasteiger partial charge is 0.260 e. The SMILES string of the molecule is Cc1c(C(=O)Nc2cccc3c2C(C)CC3(C)C)c(I)nn1C. The number of nitrogens with one attached hydrogen (secondary N) is 1. The summed E-state index contributed by atoms with van der Waals surface area (Å²) in [6.07, 6.45) is 1.11. The maximum Gasteiger partial charge on any atom is 0.260 e. The standard InChI is InChI=1S/C18H22IN3O/c1-10-9-18(3,4)12-7-6-8-13(14(10)12)20-17(23)15-11(2)22(5)21-16(15)19/h6-8,10H,9H2,1-5H3,(H,20,23). The van der Waals surface area contributed by atoms with Gasteiger partial charge in [0.1, 0.15) is 3.70 Å². The van der Waals surface area contributed by atoms with Crippen molar-refractivity contribution in [3.8, 4) is 0 Å².